The molecule has 1 amide bonds. The lowest BCUT2D eigenvalue weighted by Crippen LogP contribution is -2.61. The number of piperidine rings is 1. The van der Waals surface area contributed by atoms with Crippen molar-refractivity contribution in [2.45, 2.75) is 18.9 Å². The topological polar surface area (TPSA) is 67.2 Å². The molecule has 1 aliphatic heterocycles. The van der Waals surface area contributed by atoms with Gasteiger partial charge < -0.3 is 16.4 Å². The van der Waals surface area contributed by atoms with Crippen LogP contribution in [-0.4, -0.2) is 24.5 Å². The van der Waals surface area contributed by atoms with E-state index in [2.05, 4.69) is 10.6 Å². The molecule has 0 aromatic heterocycles. The molecule has 4 N–H and O–H groups in total. The first-order chi connectivity index (χ1) is 8.54. The second kappa shape index (κ2) is 4.94. The smallest absolute Gasteiger partial charge is 0.243 e. The zero-order chi connectivity index (χ0) is 13.2. The number of anilines is 1. The van der Waals surface area contributed by atoms with Gasteiger partial charge in [-0.1, -0.05) is 13.0 Å². The zero-order valence-corrected chi connectivity index (χ0v) is 10.4. The molecule has 1 heterocycles. The van der Waals surface area contributed by atoms with E-state index in [1.807, 2.05) is 6.92 Å². The molecule has 2 unspecified atom stereocenters. The van der Waals surface area contributed by atoms with Crippen LogP contribution in [0.25, 0.3) is 0 Å². The summed E-state index contributed by atoms with van der Waals surface area (Å²) in [6.45, 7) is 3.39. The average molecular weight is 251 g/mol. The van der Waals surface area contributed by atoms with E-state index in [4.69, 9.17) is 5.73 Å². The highest BCUT2D eigenvalue weighted by Gasteiger charge is 2.43. The predicted molar refractivity (Wildman–Crippen MR) is 68.6 cm³/mol. The van der Waals surface area contributed by atoms with E-state index in [9.17, 15) is 9.18 Å². The number of rotatable bonds is 3. The molecule has 4 nitrogen and oxygen atoms in total. The van der Waals surface area contributed by atoms with Gasteiger partial charge in [-0.2, -0.15) is 0 Å². The fourth-order valence-electron chi connectivity index (χ4n) is 2.46. The predicted octanol–water partition coefficient (Wildman–Crippen LogP) is 1.09. The Bertz CT molecular complexity index is 452. The zero-order valence-electron chi connectivity index (χ0n) is 10.4. The highest BCUT2D eigenvalue weighted by Crippen LogP contribution is 2.29. The molecule has 0 spiro atoms. The molecule has 5 heteroatoms. The van der Waals surface area contributed by atoms with Gasteiger partial charge in [-0.25, -0.2) is 4.39 Å². The van der Waals surface area contributed by atoms with Gasteiger partial charge in [0.1, 0.15) is 11.4 Å². The molecule has 1 aromatic carbocycles. The van der Waals surface area contributed by atoms with Crippen molar-refractivity contribution in [2.24, 2.45) is 11.7 Å². The van der Waals surface area contributed by atoms with Crippen molar-refractivity contribution in [1.29, 1.82) is 0 Å². The maximum atomic E-state index is 13.2. The van der Waals surface area contributed by atoms with E-state index in [0.29, 0.717) is 18.7 Å². The van der Waals surface area contributed by atoms with Crippen LogP contribution in [0.1, 0.15) is 13.3 Å². The van der Waals surface area contributed by atoms with Crippen LogP contribution in [0.4, 0.5) is 10.1 Å². The molecule has 1 aliphatic rings. The van der Waals surface area contributed by atoms with E-state index < -0.39 is 5.54 Å². The van der Waals surface area contributed by atoms with Gasteiger partial charge >= 0.3 is 0 Å². The number of nitrogens with one attached hydrogen (secondary N) is 2. The van der Waals surface area contributed by atoms with Crippen LogP contribution in [0.15, 0.2) is 24.3 Å². The van der Waals surface area contributed by atoms with Crippen LogP contribution in [0.3, 0.4) is 0 Å². The van der Waals surface area contributed by atoms with Crippen LogP contribution < -0.4 is 16.4 Å². The number of carbonyl (C=O) groups excluding carboxylic acids is 1. The quantitative estimate of drug-likeness (QED) is 0.753. The molecule has 0 aliphatic carbocycles. The first-order valence-corrected chi connectivity index (χ1v) is 6.09. The van der Waals surface area contributed by atoms with Gasteiger partial charge in [-0.05, 0) is 31.2 Å². The lowest BCUT2D eigenvalue weighted by atomic mass is 9.78. The highest BCUT2D eigenvalue weighted by atomic mass is 19.1. The molecule has 1 fully saturated rings. The van der Waals surface area contributed by atoms with E-state index in [-0.39, 0.29) is 17.6 Å². The summed E-state index contributed by atoms with van der Waals surface area (Å²) in [5, 5.41) is 6.35. The second-order valence-electron chi connectivity index (χ2n) is 4.83. The normalized spacial score (nSPS) is 27.8. The van der Waals surface area contributed by atoms with Gasteiger partial charge in [0.25, 0.3) is 0 Å². The summed E-state index contributed by atoms with van der Waals surface area (Å²) in [4.78, 5) is 11.8. The molecule has 98 valence electrons. The summed E-state index contributed by atoms with van der Waals surface area (Å²) >= 11 is 0. The highest BCUT2D eigenvalue weighted by molar-refractivity contribution is 5.88. The summed E-state index contributed by atoms with van der Waals surface area (Å²) in [7, 11) is 0. The van der Waals surface area contributed by atoms with Crippen molar-refractivity contribution in [3.05, 3.63) is 30.1 Å². The molecule has 0 radical (unpaired) electrons. The number of hydrogen-bond acceptors (Lipinski definition) is 3. The van der Waals surface area contributed by atoms with E-state index in [1.54, 1.807) is 12.1 Å². The molecular weight excluding hydrogens is 233 g/mol. The van der Waals surface area contributed by atoms with Crippen molar-refractivity contribution in [2.75, 3.05) is 18.4 Å². The summed E-state index contributed by atoms with van der Waals surface area (Å²) in [6.07, 6.45) is 0.597. The minimum Gasteiger partial charge on any atom is -0.371 e. The van der Waals surface area contributed by atoms with Crippen LogP contribution in [0.2, 0.25) is 0 Å². The van der Waals surface area contributed by atoms with Crippen molar-refractivity contribution < 1.29 is 9.18 Å². The fraction of sp³-hybridized carbons (Fsp3) is 0.462. The molecule has 0 saturated carbocycles. The van der Waals surface area contributed by atoms with Crippen LogP contribution in [-0.2, 0) is 4.79 Å². The standard InChI is InChI=1S/C13H18FN3O/c1-9-8-16-6-5-13(9,12(15)18)17-11-4-2-3-10(14)7-11/h2-4,7,9,16-17H,5-6,8H2,1H3,(H2,15,18). The van der Waals surface area contributed by atoms with E-state index in [0.717, 1.165) is 6.54 Å². The number of nitrogens with two attached hydrogens (primary N) is 1. The Morgan fingerprint density at radius 2 is 2.39 bits per heavy atom. The van der Waals surface area contributed by atoms with Gasteiger partial charge in [0.15, 0.2) is 0 Å². The van der Waals surface area contributed by atoms with Gasteiger partial charge in [0.05, 0.1) is 0 Å². The first kappa shape index (κ1) is 12.8. The van der Waals surface area contributed by atoms with Gasteiger partial charge in [-0.3, -0.25) is 4.79 Å². The minimum atomic E-state index is -0.807. The van der Waals surface area contributed by atoms with Crippen molar-refractivity contribution in [3.8, 4) is 0 Å². The lowest BCUT2D eigenvalue weighted by molar-refractivity contribution is -0.124. The number of carbonyl (C=O) groups is 1. The molecule has 1 saturated heterocycles. The van der Waals surface area contributed by atoms with Crippen molar-refractivity contribution >= 4 is 11.6 Å². The summed E-state index contributed by atoms with van der Waals surface area (Å²) in [5.41, 5.74) is 5.33. The van der Waals surface area contributed by atoms with Crippen LogP contribution >= 0.6 is 0 Å². The van der Waals surface area contributed by atoms with Gasteiger partial charge in [0.2, 0.25) is 5.91 Å². The van der Waals surface area contributed by atoms with Crippen molar-refractivity contribution in [3.63, 3.8) is 0 Å². The average Bonchev–Trinajstić information content (AvgIpc) is 2.32. The molecular formula is C13H18FN3O. The Balaban J connectivity index is 2.28. The lowest BCUT2D eigenvalue weighted by Gasteiger charge is -2.41. The molecule has 18 heavy (non-hydrogen) atoms. The van der Waals surface area contributed by atoms with Crippen molar-refractivity contribution in [1.82, 2.24) is 5.32 Å². The summed E-state index contributed by atoms with van der Waals surface area (Å²) in [6, 6.07) is 6.09. The number of hydrogen-bond donors (Lipinski definition) is 3. The number of benzene rings is 1. The third-order valence-corrected chi connectivity index (χ3v) is 3.62. The molecule has 0 bridgehead atoms. The molecule has 2 atom stereocenters. The maximum Gasteiger partial charge on any atom is 0.243 e. The fourth-order valence-corrected chi connectivity index (χ4v) is 2.46. The summed E-state index contributed by atoms with van der Waals surface area (Å²) < 4.78 is 13.2. The van der Waals surface area contributed by atoms with E-state index >= 15 is 0 Å². The second-order valence-corrected chi connectivity index (χ2v) is 4.83. The third-order valence-electron chi connectivity index (χ3n) is 3.62. The van der Waals surface area contributed by atoms with Crippen LogP contribution in [0, 0.1) is 11.7 Å². The van der Waals surface area contributed by atoms with Gasteiger partial charge in [-0.15, -0.1) is 0 Å². The third kappa shape index (κ3) is 2.31. The number of primary amides is 1. The Labute approximate surface area is 106 Å². The largest absolute Gasteiger partial charge is 0.371 e. The van der Waals surface area contributed by atoms with Gasteiger partial charge in [0, 0.05) is 18.2 Å². The minimum absolute atomic E-state index is 0.0482. The first-order valence-electron chi connectivity index (χ1n) is 6.09. The molecule has 2 rings (SSSR count). The maximum absolute atomic E-state index is 13.2. The summed E-state index contributed by atoms with van der Waals surface area (Å²) in [5.74, 6) is -0.672. The SMILES string of the molecule is CC1CNCCC1(Nc1cccc(F)c1)C(N)=O. The Morgan fingerprint density at radius 3 is 3.00 bits per heavy atom. The van der Waals surface area contributed by atoms with E-state index in [1.165, 1.54) is 12.1 Å². The Morgan fingerprint density at radius 1 is 1.61 bits per heavy atom. The molecule has 1 aromatic rings. The Kier molecular flexibility index (Phi) is 3.52. The number of halogens is 1. The Hall–Kier alpha value is -1.62. The van der Waals surface area contributed by atoms with Crippen LogP contribution in [0.5, 0.6) is 0 Å². The monoisotopic (exact) mass is 251 g/mol. The number of amides is 1.